The van der Waals surface area contributed by atoms with Gasteiger partial charge >= 0.3 is 5.97 Å². The van der Waals surface area contributed by atoms with Gasteiger partial charge in [0.1, 0.15) is 6.10 Å². The predicted molar refractivity (Wildman–Crippen MR) is 108 cm³/mol. The molecule has 0 saturated heterocycles. The quantitative estimate of drug-likeness (QED) is 0.411. The van der Waals surface area contributed by atoms with Crippen LogP contribution in [0.25, 0.3) is 0 Å². The molecule has 1 unspecified atom stereocenters. The highest BCUT2D eigenvalue weighted by molar-refractivity contribution is 5.81. The standard InChI is InChI=1S/C24H27NO2/c1-3-17-24(20-12-7-5-8-13-20,21-14-9-6-10-15-21)19-22(16-11-18-25)27-23(26)4-2/h4-10,12-15,22H,2-3,11,16-17,19H2,1H3. The SMILES string of the molecule is C=CC(=O)OC(CCC#N)CC(CCC)(c1ccccc1)c1ccccc1. The van der Waals surface area contributed by atoms with Crippen molar-refractivity contribution in [1.29, 1.82) is 5.26 Å². The molecule has 27 heavy (non-hydrogen) atoms. The summed E-state index contributed by atoms with van der Waals surface area (Å²) in [7, 11) is 0. The minimum absolute atomic E-state index is 0.279. The molecule has 0 aliphatic heterocycles. The molecule has 0 bridgehead atoms. The minimum Gasteiger partial charge on any atom is -0.459 e. The molecular weight excluding hydrogens is 334 g/mol. The first-order valence-corrected chi connectivity index (χ1v) is 9.47. The number of carbonyl (C=O) groups excluding carboxylic acids is 1. The van der Waals surface area contributed by atoms with Crippen molar-refractivity contribution >= 4 is 5.97 Å². The van der Waals surface area contributed by atoms with E-state index in [-0.39, 0.29) is 11.5 Å². The third-order valence-corrected chi connectivity index (χ3v) is 4.93. The van der Waals surface area contributed by atoms with Crippen LogP contribution >= 0.6 is 0 Å². The van der Waals surface area contributed by atoms with Gasteiger partial charge in [-0.05, 0) is 30.4 Å². The molecule has 0 aliphatic rings. The first-order chi connectivity index (χ1) is 13.2. The van der Waals surface area contributed by atoms with Gasteiger partial charge < -0.3 is 4.74 Å². The summed E-state index contributed by atoms with van der Waals surface area (Å²) in [5.74, 6) is -0.440. The van der Waals surface area contributed by atoms with Crippen molar-refractivity contribution in [2.75, 3.05) is 0 Å². The van der Waals surface area contributed by atoms with Crippen LogP contribution in [0.2, 0.25) is 0 Å². The Morgan fingerprint density at radius 3 is 2.15 bits per heavy atom. The Morgan fingerprint density at radius 2 is 1.70 bits per heavy atom. The molecule has 0 radical (unpaired) electrons. The third kappa shape index (κ3) is 5.31. The highest BCUT2D eigenvalue weighted by Gasteiger charge is 2.36. The summed E-state index contributed by atoms with van der Waals surface area (Å²) in [4.78, 5) is 11.9. The van der Waals surface area contributed by atoms with Crippen LogP contribution in [0.4, 0.5) is 0 Å². The molecule has 0 spiro atoms. The van der Waals surface area contributed by atoms with Crippen molar-refractivity contribution in [2.45, 2.75) is 50.5 Å². The summed E-state index contributed by atoms with van der Waals surface area (Å²) in [6, 6.07) is 22.9. The number of hydrogen-bond acceptors (Lipinski definition) is 3. The van der Waals surface area contributed by atoms with Gasteiger partial charge in [0, 0.05) is 17.9 Å². The largest absolute Gasteiger partial charge is 0.459 e. The van der Waals surface area contributed by atoms with E-state index in [4.69, 9.17) is 10.00 Å². The Balaban J connectivity index is 2.50. The molecule has 0 aliphatic carbocycles. The lowest BCUT2D eigenvalue weighted by Crippen LogP contribution is -2.34. The third-order valence-electron chi connectivity index (χ3n) is 4.93. The number of ether oxygens (including phenoxy) is 1. The van der Waals surface area contributed by atoms with Crippen molar-refractivity contribution in [3.63, 3.8) is 0 Å². The van der Waals surface area contributed by atoms with E-state index < -0.39 is 5.97 Å². The van der Waals surface area contributed by atoms with Crippen LogP contribution in [0, 0.1) is 11.3 Å². The maximum atomic E-state index is 11.9. The number of carbonyl (C=O) groups is 1. The molecular formula is C24H27NO2. The van der Waals surface area contributed by atoms with E-state index in [0.717, 1.165) is 12.8 Å². The number of rotatable bonds is 10. The molecule has 0 N–H and O–H groups in total. The van der Waals surface area contributed by atoms with Crippen molar-refractivity contribution in [3.8, 4) is 6.07 Å². The molecule has 2 rings (SSSR count). The molecule has 0 saturated carbocycles. The van der Waals surface area contributed by atoms with Crippen LogP contribution in [-0.2, 0) is 14.9 Å². The number of hydrogen-bond donors (Lipinski definition) is 0. The van der Waals surface area contributed by atoms with Crippen molar-refractivity contribution in [1.82, 2.24) is 0 Å². The van der Waals surface area contributed by atoms with Crippen LogP contribution in [0.5, 0.6) is 0 Å². The van der Waals surface area contributed by atoms with E-state index in [2.05, 4.69) is 43.8 Å². The van der Waals surface area contributed by atoms with Gasteiger partial charge in [0.05, 0.1) is 6.07 Å². The van der Waals surface area contributed by atoms with Gasteiger partial charge in [-0.1, -0.05) is 80.6 Å². The maximum absolute atomic E-state index is 11.9. The maximum Gasteiger partial charge on any atom is 0.330 e. The van der Waals surface area contributed by atoms with Gasteiger partial charge in [-0.3, -0.25) is 0 Å². The average molecular weight is 361 g/mol. The van der Waals surface area contributed by atoms with Gasteiger partial charge in [0.15, 0.2) is 0 Å². The van der Waals surface area contributed by atoms with Crippen molar-refractivity contribution in [2.24, 2.45) is 0 Å². The van der Waals surface area contributed by atoms with Crippen LogP contribution in [0.15, 0.2) is 73.3 Å². The monoisotopic (exact) mass is 361 g/mol. The van der Waals surface area contributed by atoms with Crippen LogP contribution in [0.3, 0.4) is 0 Å². The average Bonchev–Trinajstić information content (AvgIpc) is 2.72. The zero-order valence-corrected chi connectivity index (χ0v) is 15.9. The second-order valence-corrected chi connectivity index (χ2v) is 6.73. The molecule has 1 atom stereocenters. The van der Waals surface area contributed by atoms with Crippen molar-refractivity contribution < 1.29 is 9.53 Å². The fourth-order valence-electron chi connectivity index (χ4n) is 3.76. The topological polar surface area (TPSA) is 50.1 Å². The highest BCUT2D eigenvalue weighted by Crippen LogP contribution is 2.42. The molecule has 2 aromatic rings. The summed E-state index contributed by atoms with van der Waals surface area (Å²) < 4.78 is 5.64. The fraction of sp³-hybridized carbons (Fsp3) is 0.333. The van der Waals surface area contributed by atoms with Crippen molar-refractivity contribution in [3.05, 3.63) is 84.4 Å². The van der Waals surface area contributed by atoms with Gasteiger partial charge in [0.2, 0.25) is 0 Å². The second-order valence-electron chi connectivity index (χ2n) is 6.73. The zero-order chi connectivity index (χ0) is 19.5. The Morgan fingerprint density at radius 1 is 1.15 bits per heavy atom. The molecule has 0 heterocycles. The Labute approximate surface area is 162 Å². The highest BCUT2D eigenvalue weighted by atomic mass is 16.5. The molecule has 3 nitrogen and oxygen atoms in total. The summed E-state index contributed by atoms with van der Waals surface area (Å²) in [5, 5.41) is 9.03. The normalized spacial score (nSPS) is 12.0. The van der Waals surface area contributed by atoms with Crippen LogP contribution in [-0.4, -0.2) is 12.1 Å². The van der Waals surface area contributed by atoms with Gasteiger partial charge in [-0.2, -0.15) is 5.26 Å². The van der Waals surface area contributed by atoms with E-state index in [1.165, 1.54) is 17.2 Å². The molecule has 0 aromatic heterocycles. The lowest BCUT2D eigenvalue weighted by molar-refractivity contribution is -0.144. The molecule has 0 amide bonds. The summed E-state index contributed by atoms with van der Waals surface area (Å²) in [5.41, 5.74) is 2.13. The number of benzene rings is 2. The number of nitriles is 1. The van der Waals surface area contributed by atoms with Gasteiger partial charge in [0.25, 0.3) is 0 Å². The first kappa shape index (κ1) is 20.5. The van der Waals surface area contributed by atoms with Crippen LogP contribution < -0.4 is 0 Å². The fourth-order valence-corrected chi connectivity index (χ4v) is 3.76. The molecule has 140 valence electrons. The zero-order valence-electron chi connectivity index (χ0n) is 15.9. The van der Waals surface area contributed by atoms with E-state index in [0.29, 0.717) is 19.3 Å². The number of esters is 1. The van der Waals surface area contributed by atoms with E-state index in [9.17, 15) is 4.79 Å². The Kier molecular flexibility index (Phi) is 7.82. The van der Waals surface area contributed by atoms with Gasteiger partial charge in [-0.15, -0.1) is 0 Å². The Bertz CT molecular complexity index is 722. The van der Waals surface area contributed by atoms with E-state index in [1.54, 1.807) is 0 Å². The smallest absolute Gasteiger partial charge is 0.330 e. The van der Waals surface area contributed by atoms with Gasteiger partial charge in [-0.25, -0.2) is 4.79 Å². The Hall–Kier alpha value is -2.86. The van der Waals surface area contributed by atoms with E-state index >= 15 is 0 Å². The summed E-state index contributed by atoms with van der Waals surface area (Å²) in [6.45, 7) is 5.67. The van der Waals surface area contributed by atoms with E-state index in [1.807, 2.05) is 36.4 Å². The van der Waals surface area contributed by atoms with Crippen LogP contribution in [0.1, 0.15) is 50.2 Å². The minimum atomic E-state index is -0.440. The lowest BCUT2D eigenvalue weighted by atomic mass is 9.67. The molecule has 0 fully saturated rings. The molecule has 3 heteroatoms. The second kappa shape index (κ2) is 10.3. The summed E-state index contributed by atoms with van der Waals surface area (Å²) in [6.07, 6.45) is 4.26. The first-order valence-electron chi connectivity index (χ1n) is 9.47. The predicted octanol–water partition coefficient (Wildman–Crippen LogP) is 5.56. The molecule has 2 aromatic carbocycles. The lowest BCUT2D eigenvalue weighted by Gasteiger charge is -2.38. The summed E-state index contributed by atoms with van der Waals surface area (Å²) >= 11 is 0. The number of nitrogens with zero attached hydrogens (tertiary/aromatic N) is 1.